The Bertz CT molecular complexity index is 1330. The number of nitrogens with two attached hydrogens (primary N) is 1. The fourth-order valence-electron chi connectivity index (χ4n) is 3.92. The Labute approximate surface area is 215 Å². The summed E-state index contributed by atoms with van der Waals surface area (Å²) in [7, 11) is 0. The van der Waals surface area contributed by atoms with E-state index in [1.165, 1.54) is 6.08 Å². The van der Waals surface area contributed by atoms with Crippen molar-refractivity contribution >= 4 is 46.8 Å². The van der Waals surface area contributed by atoms with E-state index in [0.29, 0.717) is 38.2 Å². The van der Waals surface area contributed by atoms with Crippen molar-refractivity contribution in [3.05, 3.63) is 65.4 Å². The summed E-state index contributed by atoms with van der Waals surface area (Å²) in [5, 5.41) is 4.29. The number of hydrogen-bond donors (Lipinski definition) is 4. The van der Waals surface area contributed by atoms with Gasteiger partial charge in [-0.3, -0.25) is 25.1 Å². The van der Waals surface area contributed by atoms with Crippen molar-refractivity contribution in [3.63, 3.8) is 0 Å². The molecule has 2 aliphatic rings. The van der Waals surface area contributed by atoms with Gasteiger partial charge in [-0.1, -0.05) is 18.2 Å². The lowest BCUT2D eigenvalue weighted by molar-refractivity contribution is -0.171. The lowest BCUT2D eigenvalue weighted by Gasteiger charge is -2.25. The summed E-state index contributed by atoms with van der Waals surface area (Å²) in [6, 6.07) is 8.54. The summed E-state index contributed by atoms with van der Waals surface area (Å²) in [5.74, 6) is 2.78. The van der Waals surface area contributed by atoms with Crippen molar-refractivity contribution in [2.45, 2.75) is 25.4 Å². The first kappa shape index (κ1) is 26.5. The van der Waals surface area contributed by atoms with E-state index in [4.69, 9.17) is 5.84 Å². The fourth-order valence-corrected chi connectivity index (χ4v) is 3.92. The van der Waals surface area contributed by atoms with Gasteiger partial charge < -0.3 is 10.2 Å². The molecular formula is C25H24F3N7O3. The van der Waals surface area contributed by atoms with E-state index < -0.39 is 18.0 Å². The van der Waals surface area contributed by atoms with Crippen LogP contribution in [-0.2, 0) is 20.8 Å². The number of hydrogen-bond acceptors (Lipinski definition) is 6. The maximum atomic E-state index is 12.7. The van der Waals surface area contributed by atoms with Crippen LogP contribution in [0.15, 0.2) is 53.7 Å². The van der Waals surface area contributed by atoms with Gasteiger partial charge in [0, 0.05) is 31.8 Å². The molecule has 1 aromatic carbocycles. The van der Waals surface area contributed by atoms with Gasteiger partial charge in [-0.25, -0.2) is 15.8 Å². The standard InChI is InChI=1S/C25H24F3N7O3/c26-25(27,28)23(38)33-24(34-29)31-19-5-2-16(3-6-19)17-9-11-35(12-10-17)21(37)8-1-15-13-18-4-7-20(36)32-22(18)30-14-15/h1-3,5-6,8-9,13-14H,4,7,10-12,29H2,(H,30,32,36)(H2,31,33,34,38)/b8-1+. The topological polar surface area (TPSA) is 142 Å². The monoisotopic (exact) mass is 527 g/mol. The smallest absolute Gasteiger partial charge is 0.335 e. The van der Waals surface area contributed by atoms with Crippen LogP contribution in [0.4, 0.5) is 24.7 Å². The highest BCUT2D eigenvalue weighted by molar-refractivity contribution is 6.00. The third kappa shape index (κ3) is 6.62. The Morgan fingerprint density at radius 2 is 1.92 bits per heavy atom. The van der Waals surface area contributed by atoms with Crippen molar-refractivity contribution < 1.29 is 27.6 Å². The first-order valence-electron chi connectivity index (χ1n) is 11.6. The van der Waals surface area contributed by atoms with Gasteiger partial charge in [-0.2, -0.15) is 13.2 Å². The molecule has 10 nitrogen and oxygen atoms in total. The highest BCUT2D eigenvalue weighted by atomic mass is 19.4. The third-order valence-corrected chi connectivity index (χ3v) is 5.91. The number of carbonyl (C=O) groups is 3. The average molecular weight is 528 g/mol. The fraction of sp³-hybridized carbons (Fsp3) is 0.240. The van der Waals surface area contributed by atoms with Gasteiger partial charge in [0.15, 0.2) is 0 Å². The molecule has 1 aromatic heterocycles. The van der Waals surface area contributed by atoms with Crippen LogP contribution in [-0.4, -0.2) is 52.8 Å². The van der Waals surface area contributed by atoms with Gasteiger partial charge in [0.25, 0.3) is 0 Å². The second-order valence-electron chi connectivity index (χ2n) is 8.53. The zero-order valence-electron chi connectivity index (χ0n) is 20.0. The minimum atomic E-state index is -5.07. The second-order valence-corrected chi connectivity index (χ2v) is 8.53. The van der Waals surface area contributed by atoms with Gasteiger partial charge in [-0.15, -0.1) is 0 Å². The van der Waals surface area contributed by atoms with E-state index >= 15 is 0 Å². The molecule has 2 aliphatic heterocycles. The number of anilines is 1. The molecular weight excluding hydrogens is 503 g/mol. The van der Waals surface area contributed by atoms with Crippen LogP contribution in [0, 0.1) is 0 Å². The highest BCUT2D eigenvalue weighted by Crippen LogP contribution is 2.25. The van der Waals surface area contributed by atoms with E-state index in [2.05, 4.69) is 15.3 Å². The molecule has 198 valence electrons. The minimum absolute atomic E-state index is 0.0571. The molecule has 0 bridgehead atoms. The number of pyridine rings is 1. The molecule has 0 radical (unpaired) electrons. The number of fused-ring (bicyclic) bond motifs is 1. The number of hydrazine groups is 1. The van der Waals surface area contributed by atoms with E-state index in [0.717, 1.165) is 22.3 Å². The van der Waals surface area contributed by atoms with E-state index in [1.807, 2.05) is 17.6 Å². The van der Waals surface area contributed by atoms with Crippen molar-refractivity contribution in [2.75, 3.05) is 18.4 Å². The van der Waals surface area contributed by atoms with Gasteiger partial charge in [0.05, 0.1) is 5.69 Å². The molecule has 0 atom stereocenters. The Hall–Kier alpha value is -4.52. The number of rotatable bonds is 4. The number of benzene rings is 1. The number of guanidine groups is 1. The van der Waals surface area contributed by atoms with Crippen LogP contribution < -0.4 is 21.9 Å². The number of halogens is 3. The predicted octanol–water partition coefficient (Wildman–Crippen LogP) is 2.42. The van der Waals surface area contributed by atoms with Crippen molar-refractivity contribution in [1.29, 1.82) is 0 Å². The lowest BCUT2D eigenvalue weighted by Crippen LogP contribution is -2.48. The summed E-state index contributed by atoms with van der Waals surface area (Å²) in [4.78, 5) is 45.0. The summed E-state index contributed by atoms with van der Waals surface area (Å²) in [6.07, 6.45) is 3.29. The molecule has 38 heavy (non-hydrogen) atoms. The maximum absolute atomic E-state index is 12.7. The summed E-state index contributed by atoms with van der Waals surface area (Å²) in [6.45, 7) is 0.922. The average Bonchev–Trinajstić information content (AvgIpc) is 2.91. The molecule has 4 rings (SSSR count). The number of carbonyl (C=O) groups excluding carboxylic acids is 3. The lowest BCUT2D eigenvalue weighted by atomic mass is 9.99. The zero-order chi connectivity index (χ0) is 27.3. The number of alkyl halides is 3. The quantitative estimate of drug-likeness (QED) is 0.158. The Balaban J connectivity index is 1.35. The van der Waals surface area contributed by atoms with Gasteiger partial charge in [-0.05, 0) is 59.4 Å². The van der Waals surface area contributed by atoms with E-state index in [-0.39, 0.29) is 17.5 Å². The molecule has 3 heterocycles. The summed E-state index contributed by atoms with van der Waals surface area (Å²) >= 11 is 0. The second kappa shape index (κ2) is 11.3. The summed E-state index contributed by atoms with van der Waals surface area (Å²) in [5.41, 5.74) is 5.80. The number of nitrogens with one attached hydrogen (secondary N) is 3. The molecule has 0 spiro atoms. The summed E-state index contributed by atoms with van der Waals surface area (Å²) < 4.78 is 37.3. The van der Waals surface area contributed by atoms with Crippen LogP contribution in [0.5, 0.6) is 0 Å². The Kier molecular flexibility index (Phi) is 7.86. The van der Waals surface area contributed by atoms with Crippen LogP contribution in [0.25, 0.3) is 11.6 Å². The maximum Gasteiger partial charge on any atom is 0.471 e. The van der Waals surface area contributed by atoms with E-state index in [1.54, 1.807) is 46.8 Å². The van der Waals surface area contributed by atoms with E-state index in [9.17, 15) is 27.6 Å². The molecule has 0 aliphatic carbocycles. The first-order chi connectivity index (χ1) is 18.1. The zero-order valence-corrected chi connectivity index (χ0v) is 20.0. The molecule has 2 aromatic rings. The number of aryl methyl sites for hydroxylation is 1. The molecule has 13 heteroatoms. The van der Waals surface area contributed by atoms with Crippen molar-refractivity contribution in [2.24, 2.45) is 10.8 Å². The highest BCUT2D eigenvalue weighted by Gasteiger charge is 2.39. The van der Waals surface area contributed by atoms with Crippen molar-refractivity contribution in [1.82, 2.24) is 20.6 Å². The minimum Gasteiger partial charge on any atom is -0.335 e. The Morgan fingerprint density at radius 1 is 1.16 bits per heavy atom. The van der Waals surface area contributed by atoms with Gasteiger partial charge in [0.1, 0.15) is 5.82 Å². The molecule has 0 saturated carbocycles. The van der Waals surface area contributed by atoms with Crippen LogP contribution in [0.2, 0.25) is 0 Å². The number of amides is 3. The number of aromatic nitrogens is 1. The Morgan fingerprint density at radius 3 is 2.58 bits per heavy atom. The third-order valence-electron chi connectivity index (χ3n) is 5.91. The largest absolute Gasteiger partial charge is 0.471 e. The normalized spacial score (nSPS) is 16.0. The number of nitrogens with zero attached hydrogens (tertiary/aromatic N) is 3. The van der Waals surface area contributed by atoms with Gasteiger partial charge >= 0.3 is 12.1 Å². The van der Waals surface area contributed by atoms with Crippen LogP contribution >= 0.6 is 0 Å². The molecule has 3 amide bonds. The predicted molar refractivity (Wildman–Crippen MR) is 134 cm³/mol. The molecule has 0 unspecified atom stereocenters. The van der Waals surface area contributed by atoms with Crippen LogP contribution in [0.1, 0.15) is 29.5 Å². The van der Waals surface area contributed by atoms with Crippen LogP contribution in [0.3, 0.4) is 0 Å². The SMILES string of the molecule is NNC(=Nc1ccc(C2=CCN(C(=O)/C=C/c3cnc4c(c3)CCC(=O)N4)CC2)cc1)NC(=O)C(F)(F)F. The van der Waals surface area contributed by atoms with Gasteiger partial charge in [0.2, 0.25) is 17.8 Å². The first-order valence-corrected chi connectivity index (χ1v) is 11.6. The van der Waals surface area contributed by atoms with Crippen molar-refractivity contribution in [3.8, 4) is 0 Å². The molecule has 0 saturated heterocycles. The molecule has 0 fully saturated rings. The molecule has 5 N–H and O–H groups in total. The number of aliphatic imine (C=N–C) groups is 1.